The number of fused-ring (bicyclic) bond motifs is 4. The van der Waals surface area contributed by atoms with Gasteiger partial charge in [0.2, 0.25) is 0 Å². The average molecular weight is 393 g/mol. The molecule has 2 aliphatic heterocycles. The Morgan fingerprint density at radius 1 is 1.28 bits per heavy atom. The van der Waals surface area contributed by atoms with Crippen LogP contribution in [0.3, 0.4) is 0 Å². The van der Waals surface area contributed by atoms with Gasteiger partial charge in [-0.2, -0.15) is 5.10 Å². The highest BCUT2D eigenvalue weighted by atomic mass is 19.1. The van der Waals surface area contributed by atoms with Crippen LogP contribution in [0.2, 0.25) is 0 Å². The van der Waals surface area contributed by atoms with Crippen molar-refractivity contribution >= 4 is 17.4 Å². The van der Waals surface area contributed by atoms with Gasteiger partial charge in [0.15, 0.2) is 11.9 Å². The standard InChI is InChI=1S/C21H20FN5O2/c1-25-17-6-10-27-19(24-17)14(12-23-27)20(28)26-9-2-3-18(26)29-16-5-4-13(22)11-15(16)21(25)7-8-21/h4-6,10-12,18H,2-3,7-9H2,1H3/t18-/m1/s1. The zero-order valence-corrected chi connectivity index (χ0v) is 16.0. The number of halogens is 1. The first kappa shape index (κ1) is 16.8. The molecule has 1 aliphatic carbocycles. The molecule has 2 fully saturated rings. The van der Waals surface area contributed by atoms with E-state index in [0.29, 0.717) is 23.5 Å². The maximum Gasteiger partial charge on any atom is 0.262 e. The van der Waals surface area contributed by atoms with Crippen LogP contribution in [0.4, 0.5) is 10.2 Å². The molecular weight excluding hydrogens is 373 g/mol. The summed E-state index contributed by atoms with van der Waals surface area (Å²) in [6.45, 7) is 0.613. The number of rotatable bonds is 0. The van der Waals surface area contributed by atoms with Crippen LogP contribution < -0.4 is 9.64 Å². The molecule has 4 heterocycles. The number of benzene rings is 1. The van der Waals surface area contributed by atoms with E-state index < -0.39 is 0 Å². The molecule has 1 amide bonds. The summed E-state index contributed by atoms with van der Waals surface area (Å²) in [5, 5.41) is 4.30. The Morgan fingerprint density at radius 2 is 2.14 bits per heavy atom. The number of nitrogens with zero attached hydrogens (tertiary/aromatic N) is 5. The van der Waals surface area contributed by atoms with E-state index in [0.717, 1.165) is 37.1 Å². The Hall–Kier alpha value is -3.16. The monoisotopic (exact) mass is 393 g/mol. The summed E-state index contributed by atoms with van der Waals surface area (Å²) in [5.74, 6) is 0.927. The molecular formula is C21H20FN5O2. The zero-order chi connectivity index (χ0) is 19.8. The maximum absolute atomic E-state index is 14.2. The fourth-order valence-corrected chi connectivity index (χ4v) is 4.68. The molecule has 0 N–H and O–H groups in total. The van der Waals surface area contributed by atoms with Gasteiger partial charge in [0.25, 0.3) is 5.91 Å². The number of carbonyl (C=O) groups is 1. The van der Waals surface area contributed by atoms with Gasteiger partial charge >= 0.3 is 0 Å². The molecule has 3 aliphatic rings. The summed E-state index contributed by atoms with van der Waals surface area (Å²) in [6.07, 6.45) is 6.37. The van der Waals surface area contributed by atoms with Gasteiger partial charge in [-0.25, -0.2) is 13.9 Å². The average Bonchev–Trinajstić information content (AvgIpc) is 3.21. The van der Waals surface area contributed by atoms with Crippen LogP contribution in [0.25, 0.3) is 5.65 Å². The lowest BCUT2D eigenvalue weighted by Crippen LogP contribution is -2.40. The molecule has 7 nitrogen and oxygen atoms in total. The number of ether oxygens (including phenoxy) is 1. The number of hydrogen-bond donors (Lipinski definition) is 0. The van der Waals surface area contributed by atoms with Crippen molar-refractivity contribution in [1.29, 1.82) is 0 Å². The molecule has 148 valence electrons. The smallest absolute Gasteiger partial charge is 0.262 e. The van der Waals surface area contributed by atoms with Gasteiger partial charge in [0, 0.05) is 31.8 Å². The van der Waals surface area contributed by atoms with Crippen molar-refractivity contribution in [3.63, 3.8) is 0 Å². The summed E-state index contributed by atoms with van der Waals surface area (Å²) in [7, 11) is 1.96. The summed E-state index contributed by atoms with van der Waals surface area (Å²) in [4.78, 5) is 21.9. The van der Waals surface area contributed by atoms with Gasteiger partial charge in [0.1, 0.15) is 22.9 Å². The number of hydrogen-bond acceptors (Lipinski definition) is 5. The maximum atomic E-state index is 14.2. The van der Waals surface area contributed by atoms with Crippen LogP contribution in [0.15, 0.2) is 36.7 Å². The zero-order valence-electron chi connectivity index (χ0n) is 16.0. The lowest BCUT2D eigenvalue weighted by Gasteiger charge is -2.33. The van der Waals surface area contributed by atoms with Crippen molar-refractivity contribution in [2.45, 2.75) is 37.5 Å². The lowest BCUT2D eigenvalue weighted by molar-refractivity contribution is 0.0397. The molecule has 6 rings (SSSR count). The van der Waals surface area contributed by atoms with E-state index >= 15 is 0 Å². The van der Waals surface area contributed by atoms with Crippen molar-refractivity contribution in [2.24, 2.45) is 0 Å². The van der Waals surface area contributed by atoms with E-state index in [9.17, 15) is 9.18 Å². The fourth-order valence-electron chi connectivity index (χ4n) is 4.68. The molecule has 1 saturated carbocycles. The van der Waals surface area contributed by atoms with Crippen LogP contribution in [0.1, 0.15) is 41.6 Å². The Bertz CT molecular complexity index is 1160. The highest BCUT2D eigenvalue weighted by Gasteiger charge is 2.51. The Labute approximate surface area is 166 Å². The van der Waals surface area contributed by atoms with E-state index in [1.807, 2.05) is 19.3 Å². The minimum atomic E-state index is -0.384. The molecule has 1 spiro atoms. The third-order valence-electron chi connectivity index (χ3n) is 6.46. The first-order chi connectivity index (χ1) is 14.1. The van der Waals surface area contributed by atoms with Crippen molar-refractivity contribution in [2.75, 3.05) is 18.5 Å². The van der Waals surface area contributed by atoms with E-state index in [1.165, 1.54) is 6.07 Å². The van der Waals surface area contributed by atoms with E-state index in [4.69, 9.17) is 9.72 Å². The highest BCUT2D eigenvalue weighted by molar-refractivity contribution is 6.00. The Morgan fingerprint density at radius 3 is 2.97 bits per heavy atom. The van der Waals surface area contributed by atoms with E-state index in [2.05, 4.69) is 10.00 Å². The lowest BCUT2D eigenvalue weighted by atomic mass is 10.0. The van der Waals surface area contributed by atoms with Crippen molar-refractivity contribution in [3.8, 4) is 5.75 Å². The van der Waals surface area contributed by atoms with Gasteiger partial charge in [-0.15, -0.1) is 0 Å². The van der Waals surface area contributed by atoms with Gasteiger partial charge in [-0.05, 0) is 43.5 Å². The van der Waals surface area contributed by atoms with Crippen LogP contribution in [-0.4, -0.2) is 45.2 Å². The predicted molar refractivity (Wildman–Crippen MR) is 103 cm³/mol. The molecule has 1 saturated heterocycles. The second-order valence-electron chi connectivity index (χ2n) is 8.06. The Kier molecular flexibility index (Phi) is 3.29. The van der Waals surface area contributed by atoms with Crippen molar-refractivity contribution < 1.29 is 13.9 Å². The molecule has 2 bridgehead atoms. The molecule has 0 radical (unpaired) electrons. The molecule has 29 heavy (non-hydrogen) atoms. The number of amides is 1. The summed E-state index contributed by atoms with van der Waals surface area (Å²) in [5.41, 5.74) is 1.45. The number of aromatic nitrogens is 3. The molecule has 2 aromatic heterocycles. The third-order valence-corrected chi connectivity index (χ3v) is 6.46. The quantitative estimate of drug-likeness (QED) is 0.588. The minimum absolute atomic E-state index is 0.139. The molecule has 8 heteroatoms. The van der Waals surface area contributed by atoms with Crippen molar-refractivity contribution in [1.82, 2.24) is 19.5 Å². The SMILES string of the molecule is CN1c2ccn3ncc(c3n2)C(=O)N2CCC[C@H]2Oc2ccc(F)cc2C12CC2. The summed E-state index contributed by atoms with van der Waals surface area (Å²) in [6, 6.07) is 6.54. The second kappa shape index (κ2) is 5.68. The number of anilines is 1. The van der Waals surface area contributed by atoms with Crippen LogP contribution in [0, 0.1) is 5.82 Å². The Balaban J connectivity index is 1.61. The summed E-state index contributed by atoms with van der Waals surface area (Å²) >= 11 is 0. The third kappa shape index (κ3) is 2.31. The van der Waals surface area contributed by atoms with E-state index in [1.54, 1.807) is 27.7 Å². The first-order valence-corrected chi connectivity index (χ1v) is 9.93. The topological polar surface area (TPSA) is 63.0 Å². The van der Waals surface area contributed by atoms with Gasteiger partial charge < -0.3 is 14.5 Å². The molecule has 1 aromatic carbocycles. The highest BCUT2D eigenvalue weighted by Crippen LogP contribution is 2.54. The first-order valence-electron chi connectivity index (χ1n) is 9.93. The second-order valence-corrected chi connectivity index (χ2v) is 8.06. The minimum Gasteiger partial charge on any atom is -0.470 e. The van der Waals surface area contributed by atoms with Crippen LogP contribution in [0.5, 0.6) is 5.75 Å². The van der Waals surface area contributed by atoms with Gasteiger partial charge in [0.05, 0.1) is 11.7 Å². The van der Waals surface area contributed by atoms with Crippen LogP contribution in [-0.2, 0) is 5.54 Å². The molecule has 3 aromatic rings. The fraction of sp³-hybridized carbons (Fsp3) is 0.381. The van der Waals surface area contributed by atoms with Gasteiger partial charge in [-0.3, -0.25) is 4.79 Å². The number of carbonyl (C=O) groups excluding carboxylic acids is 1. The largest absolute Gasteiger partial charge is 0.470 e. The molecule has 0 unspecified atom stereocenters. The molecule has 1 atom stereocenters. The summed E-state index contributed by atoms with van der Waals surface area (Å²) < 4.78 is 22.2. The predicted octanol–water partition coefficient (Wildman–Crippen LogP) is 2.95. The van der Waals surface area contributed by atoms with Crippen molar-refractivity contribution in [3.05, 3.63) is 53.6 Å². The van der Waals surface area contributed by atoms with E-state index in [-0.39, 0.29) is 23.5 Å². The van der Waals surface area contributed by atoms with Gasteiger partial charge in [-0.1, -0.05) is 0 Å². The van der Waals surface area contributed by atoms with Crippen LogP contribution >= 0.6 is 0 Å². The normalized spacial score (nSPS) is 22.3.